The van der Waals surface area contributed by atoms with Crippen LogP contribution >= 0.6 is 11.6 Å². The zero-order valence-electron chi connectivity index (χ0n) is 10.6. The van der Waals surface area contributed by atoms with E-state index < -0.39 is 10.8 Å². The summed E-state index contributed by atoms with van der Waals surface area (Å²) in [5, 5.41) is 13.3. The number of halogens is 1. The number of benzene rings is 1. The summed E-state index contributed by atoms with van der Waals surface area (Å²) in [4.78, 5) is 29.4. The van der Waals surface area contributed by atoms with Gasteiger partial charge in [-0.1, -0.05) is 23.7 Å². The number of hydrogen-bond donors (Lipinski definition) is 1. The first-order valence-corrected chi connectivity index (χ1v) is 6.13. The molecular formula is C13H9ClN4O3. The molecule has 0 spiro atoms. The van der Waals surface area contributed by atoms with E-state index in [-0.39, 0.29) is 16.7 Å². The molecular weight excluding hydrogens is 296 g/mol. The first-order chi connectivity index (χ1) is 10.0. The number of aromatic nitrogens is 2. The molecule has 1 amide bonds. The van der Waals surface area contributed by atoms with E-state index in [4.69, 9.17) is 11.6 Å². The zero-order valence-corrected chi connectivity index (χ0v) is 11.3. The molecule has 0 aliphatic heterocycles. The summed E-state index contributed by atoms with van der Waals surface area (Å²) in [5.74, 6) is -0.175. The normalized spacial score (nSPS) is 10.5. The summed E-state index contributed by atoms with van der Waals surface area (Å²) in [5.41, 5.74) is 0.502. The molecule has 0 bridgehead atoms. The van der Waals surface area contributed by atoms with Crippen molar-refractivity contribution in [3.05, 3.63) is 63.6 Å². The molecule has 1 heterocycles. The number of carbonyl (C=O) groups excluding carboxylic acids is 1. The first kappa shape index (κ1) is 14.6. The predicted octanol–water partition coefficient (Wildman–Crippen LogP) is 2.69. The van der Waals surface area contributed by atoms with Crippen LogP contribution in [0.5, 0.6) is 0 Å². The highest BCUT2D eigenvalue weighted by atomic mass is 35.5. The van der Waals surface area contributed by atoms with E-state index >= 15 is 0 Å². The number of hydrogen-bond acceptors (Lipinski definition) is 5. The van der Waals surface area contributed by atoms with Crippen molar-refractivity contribution in [1.82, 2.24) is 9.97 Å². The number of anilines is 1. The van der Waals surface area contributed by atoms with Crippen LogP contribution in [0.25, 0.3) is 6.08 Å². The quantitative estimate of drug-likeness (QED) is 0.532. The number of nitro groups is 1. The van der Waals surface area contributed by atoms with Gasteiger partial charge in [-0.3, -0.25) is 14.9 Å². The predicted molar refractivity (Wildman–Crippen MR) is 77.8 cm³/mol. The summed E-state index contributed by atoms with van der Waals surface area (Å²) in [6.07, 6.45) is 5.34. The third-order valence-corrected chi connectivity index (χ3v) is 2.57. The van der Waals surface area contributed by atoms with Gasteiger partial charge in [0.05, 0.1) is 17.3 Å². The van der Waals surface area contributed by atoms with Gasteiger partial charge in [-0.15, -0.1) is 0 Å². The van der Waals surface area contributed by atoms with E-state index in [0.717, 1.165) is 0 Å². The lowest BCUT2D eigenvalue weighted by Gasteiger charge is -1.99. The number of non-ortho nitro benzene ring substituents is 1. The molecule has 0 saturated heterocycles. The van der Waals surface area contributed by atoms with Crippen molar-refractivity contribution in [2.24, 2.45) is 0 Å². The lowest BCUT2D eigenvalue weighted by molar-refractivity contribution is -0.384. The Balaban J connectivity index is 2.03. The first-order valence-electron chi connectivity index (χ1n) is 5.75. The fourth-order valence-electron chi connectivity index (χ4n) is 1.46. The Morgan fingerprint density at radius 2 is 2.14 bits per heavy atom. The van der Waals surface area contributed by atoms with Gasteiger partial charge in [0, 0.05) is 18.2 Å². The summed E-state index contributed by atoms with van der Waals surface area (Å²) in [6.45, 7) is 0. The summed E-state index contributed by atoms with van der Waals surface area (Å²) < 4.78 is 0. The van der Waals surface area contributed by atoms with Crippen LogP contribution in [0.15, 0.2) is 42.7 Å². The summed E-state index contributed by atoms with van der Waals surface area (Å²) in [7, 11) is 0. The minimum Gasteiger partial charge on any atom is -0.306 e. The molecule has 1 N–H and O–H groups in total. The topological polar surface area (TPSA) is 98.0 Å². The van der Waals surface area contributed by atoms with Gasteiger partial charge in [-0.25, -0.2) is 9.97 Å². The van der Waals surface area contributed by atoms with Gasteiger partial charge in [0.1, 0.15) is 5.15 Å². The number of nitrogens with zero attached hydrogens (tertiary/aromatic N) is 3. The number of nitrogens with one attached hydrogen (secondary N) is 1. The molecule has 0 aliphatic rings. The fourth-order valence-corrected chi connectivity index (χ4v) is 1.56. The minimum atomic E-state index is -0.499. The summed E-state index contributed by atoms with van der Waals surface area (Å²) in [6, 6.07) is 5.94. The van der Waals surface area contributed by atoms with Gasteiger partial charge in [0.2, 0.25) is 5.91 Å². The Bertz CT molecular complexity index is 701. The van der Waals surface area contributed by atoms with Crippen LogP contribution in [-0.4, -0.2) is 20.8 Å². The Morgan fingerprint density at radius 1 is 1.33 bits per heavy atom. The average Bonchev–Trinajstić information content (AvgIpc) is 2.48. The Labute approximate surface area is 124 Å². The molecule has 1 aromatic heterocycles. The van der Waals surface area contributed by atoms with Crippen molar-refractivity contribution in [2.45, 2.75) is 0 Å². The van der Waals surface area contributed by atoms with Crippen molar-refractivity contribution in [1.29, 1.82) is 0 Å². The average molecular weight is 305 g/mol. The standard InChI is InChI=1S/C13H9ClN4O3/c14-11-7-16-12(8-15-11)17-13(19)5-4-9-2-1-3-10(6-9)18(20)21/h1-8H,(H,16,17,19)/b5-4+. The van der Waals surface area contributed by atoms with Crippen molar-refractivity contribution in [3.63, 3.8) is 0 Å². The maximum absolute atomic E-state index is 11.7. The van der Waals surface area contributed by atoms with Crippen molar-refractivity contribution >= 4 is 35.1 Å². The Kier molecular flexibility index (Phi) is 4.57. The molecule has 0 fully saturated rings. The Morgan fingerprint density at radius 3 is 2.81 bits per heavy atom. The number of rotatable bonds is 4. The van der Waals surface area contributed by atoms with Crippen molar-refractivity contribution < 1.29 is 9.72 Å². The highest BCUT2D eigenvalue weighted by molar-refractivity contribution is 6.29. The third-order valence-electron chi connectivity index (χ3n) is 2.38. The second kappa shape index (κ2) is 6.58. The van der Waals surface area contributed by atoms with E-state index in [1.807, 2.05) is 0 Å². The van der Waals surface area contributed by atoms with Crippen LogP contribution in [-0.2, 0) is 4.79 Å². The van der Waals surface area contributed by atoms with Crippen LogP contribution in [0.3, 0.4) is 0 Å². The largest absolute Gasteiger partial charge is 0.306 e. The van der Waals surface area contributed by atoms with Gasteiger partial charge in [-0.2, -0.15) is 0 Å². The summed E-state index contributed by atoms with van der Waals surface area (Å²) >= 11 is 5.57. The van der Waals surface area contributed by atoms with E-state index in [0.29, 0.717) is 5.56 Å². The number of nitro benzene ring substituents is 1. The maximum atomic E-state index is 11.7. The molecule has 2 aromatic rings. The second-order valence-electron chi connectivity index (χ2n) is 3.90. The number of amides is 1. The number of carbonyl (C=O) groups is 1. The molecule has 0 atom stereocenters. The van der Waals surface area contributed by atoms with Crippen LogP contribution in [0.1, 0.15) is 5.56 Å². The molecule has 7 nitrogen and oxygen atoms in total. The SMILES string of the molecule is O=C(/C=C/c1cccc([N+](=O)[O-])c1)Nc1cnc(Cl)cn1. The van der Waals surface area contributed by atoms with E-state index in [1.54, 1.807) is 12.1 Å². The fraction of sp³-hybridized carbons (Fsp3) is 0. The Hall–Kier alpha value is -2.80. The lowest BCUT2D eigenvalue weighted by atomic mass is 10.2. The smallest absolute Gasteiger partial charge is 0.270 e. The van der Waals surface area contributed by atoms with E-state index in [2.05, 4.69) is 15.3 Å². The van der Waals surface area contributed by atoms with Crippen molar-refractivity contribution in [2.75, 3.05) is 5.32 Å². The van der Waals surface area contributed by atoms with Crippen LogP contribution in [0.2, 0.25) is 5.15 Å². The van der Waals surface area contributed by atoms with E-state index in [1.165, 1.54) is 36.7 Å². The molecule has 0 aliphatic carbocycles. The highest BCUT2D eigenvalue weighted by Crippen LogP contribution is 2.14. The van der Waals surface area contributed by atoms with Gasteiger partial charge < -0.3 is 5.32 Å². The highest BCUT2D eigenvalue weighted by Gasteiger charge is 2.04. The zero-order chi connectivity index (χ0) is 15.2. The van der Waals surface area contributed by atoms with Crippen LogP contribution in [0.4, 0.5) is 11.5 Å². The lowest BCUT2D eigenvalue weighted by Crippen LogP contribution is -2.09. The molecule has 106 valence electrons. The molecule has 21 heavy (non-hydrogen) atoms. The second-order valence-corrected chi connectivity index (χ2v) is 4.29. The molecule has 0 unspecified atom stereocenters. The van der Waals surface area contributed by atoms with Gasteiger partial charge in [0.15, 0.2) is 5.82 Å². The molecule has 0 radical (unpaired) electrons. The maximum Gasteiger partial charge on any atom is 0.270 e. The van der Waals surface area contributed by atoms with Crippen LogP contribution in [0, 0.1) is 10.1 Å². The molecule has 2 rings (SSSR count). The van der Waals surface area contributed by atoms with Gasteiger partial charge >= 0.3 is 0 Å². The third kappa shape index (κ3) is 4.36. The van der Waals surface area contributed by atoms with Crippen LogP contribution < -0.4 is 5.32 Å². The van der Waals surface area contributed by atoms with Gasteiger partial charge in [-0.05, 0) is 11.6 Å². The van der Waals surface area contributed by atoms with Gasteiger partial charge in [0.25, 0.3) is 5.69 Å². The van der Waals surface area contributed by atoms with E-state index in [9.17, 15) is 14.9 Å². The molecule has 0 saturated carbocycles. The minimum absolute atomic E-state index is 0.0406. The molecule has 1 aromatic carbocycles. The van der Waals surface area contributed by atoms with Crippen molar-refractivity contribution in [3.8, 4) is 0 Å². The molecule has 8 heteroatoms. The monoisotopic (exact) mass is 304 g/mol.